The summed E-state index contributed by atoms with van der Waals surface area (Å²) in [5.41, 5.74) is 1.79. The van der Waals surface area contributed by atoms with E-state index in [9.17, 15) is 0 Å². The van der Waals surface area contributed by atoms with Crippen molar-refractivity contribution in [1.82, 2.24) is 15.0 Å². The fourth-order valence-corrected chi connectivity index (χ4v) is 1.37. The van der Waals surface area contributed by atoms with Crippen molar-refractivity contribution in [2.45, 2.75) is 6.54 Å². The van der Waals surface area contributed by atoms with E-state index in [1.807, 2.05) is 12.1 Å². The second-order valence-electron chi connectivity index (χ2n) is 2.69. The lowest BCUT2D eigenvalue weighted by Crippen LogP contribution is -1.96. The third-order valence-electron chi connectivity index (χ3n) is 1.78. The van der Waals surface area contributed by atoms with Crippen LogP contribution in [0.4, 0.5) is 0 Å². The van der Waals surface area contributed by atoms with Gasteiger partial charge in [-0.3, -0.25) is 0 Å². The van der Waals surface area contributed by atoms with Crippen molar-refractivity contribution in [2.75, 3.05) is 0 Å². The first-order valence-corrected chi connectivity index (χ1v) is 4.28. The average Bonchev–Trinajstić information content (AvgIpc) is 2.49. The normalized spacial score (nSPS) is 10.5. The van der Waals surface area contributed by atoms with Crippen LogP contribution in [0.5, 0.6) is 0 Å². The molecule has 2 rings (SSSR count). The summed E-state index contributed by atoms with van der Waals surface area (Å²) in [5.74, 6) is 0. The van der Waals surface area contributed by atoms with Gasteiger partial charge in [-0.15, -0.1) is 11.7 Å². The standard InChI is InChI=1S/C9H8ClN3/c1-2-5-13-9-4-3-7(10)6-8(9)11-12-13/h2-4,6H,1,5H2. The summed E-state index contributed by atoms with van der Waals surface area (Å²) >= 11 is 5.81. The fourth-order valence-electron chi connectivity index (χ4n) is 1.20. The molecule has 0 radical (unpaired) electrons. The van der Waals surface area contributed by atoms with E-state index in [4.69, 9.17) is 11.6 Å². The zero-order valence-electron chi connectivity index (χ0n) is 6.94. The summed E-state index contributed by atoms with van der Waals surface area (Å²) in [7, 11) is 0. The molecule has 3 nitrogen and oxygen atoms in total. The van der Waals surface area contributed by atoms with Gasteiger partial charge in [-0.2, -0.15) is 0 Å². The number of aromatic nitrogens is 3. The first-order valence-electron chi connectivity index (χ1n) is 3.91. The highest BCUT2D eigenvalue weighted by Crippen LogP contribution is 2.16. The molecular formula is C9H8ClN3. The summed E-state index contributed by atoms with van der Waals surface area (Å²) in [4.78, 5) is 0. The van der Waals surface area contributed by atoms with Gasteiger partial charge in [0.2, 0.25) is 0 Å². The van der Waals surface area contributed by atoms with E-state index in [1.54, 1.807) is 16.8 Å². The van der Waals surface area contributed by atoms with E-state index in [-0.39, 0.29) is 0 Å². The van der Waals surface area contributed by atoms with E-state index >= 15 is 0 Å². The van der Waals surface area contributed by atoms with Crippen molar-refractivity contribution in [1.29, 1.82) is 0 Å². The molecule has 0 aliphatic heterocycles. The van der Waals surface area contributed by atoms with E-state index in [0.717, 1.165) is 11.0 Å². The Kier molecular flexibility index (Phi) is 2.02. The van der Waals surface area contributed by atoms with Gasteiger partial charge >= 0.3 is 0 Å². The van der Waals surface area contributed by atoms with Crippen molar-refractivity contribution >= 4 is 22.6 Å². The second-order valence-corrected chi connectivity index (χ2v) is 3.13. The molecule has 1 aromatic carbocycles. The van der Waals surface area contributed by atoms with Crippen molar-refractivity contribution in [2.24, 2.45) is 0 Å². The summed E-state index contributed by atoms with van der Waals surface area (Å²) in [6, 6.07) is 5.53. The molecule has 0 amide bonds. The molecular weight excluding hydrogens is 186 g/mol. The predicted octanol–water partition coefficient (Wildman–Crippen LogP) is 2.27. The molecule has 1 aromatic heterocycles. The van der Waals surface area contributed by atoms with Crippen LogP contribution in [0, 0.1) is 0 Å². The predicted molar refractivity (Wildman–Crippen MR) is 52.7 cm³/mol. The topological polar surface area (TPSA) is 30.7 Å². The number of rotatable bonds is 2. The molecule has 4 heteroatoms. The second kappa shape index (κ2) is 3.18. The molecule has 0 saturated heterocycles. The molecule has 0 aliphatic rings. The summed E-state index contributed by atoms with van der Waals surface area (Å²) < 4.78 is 1.78. The van der Waals surface area contributed by atoms with Crippen molar-refractivity contribution in [3.05, 3.63) is 35.9 Å². The van der Waals surface area contributed by atoms with E-state index in [2.05, 4.69) is 16.9 Å². The molecule has 0 aliphatic carbocycles. The third-order valence-corrected chi connectivity index (χ3v) is 2.01. The fraction of sp³-hybridized carbons (Fsp3) is 0.111. The van der Waals surface area contributed by atoms with E-state index in [0.29, 0.717) is 11.6 Å². The molecule has 2 aromatic rings. The van der Waals surface area contributed by atoms with Gasteiger partial charge in [0, 0.05) is 5.02 Å². The van der Waals surface area contributed by atoms with Gasteiger partial charge in [0.25, 0.3) is 0 Å². The highest BCUT2D eigenvalue weighted by atomic mass is 35.5. The van der Waals surface area contributed by atoms with Crippen LogP contribution in [0.3, 0.4) is 0 Å². The molecule has 0 atom stereocenters. The summed E-state index contributed by atoms with van der Waals surface area (Å²) in [6.07, 6.45) is 1.78. The SMILES string of the molecule is C=CCn1nnc2cc(Cl)ccc21. The molecule has 1 heterocycles. The Hall–Kier alpha value is -1.35. The molecule has 66 valence electrons. The average molecular weight is 194 g/mol. The van der Waals surface area contributed by atoms with Crippen molar-refractivity contribution < 1.29 is 0 Å². The van der Waals surface area contributed by atoms with E-state index < -0.39 is 0 Å². The summed E-state index contributed by atoms with van der Waals surface area (Å²) in [5, 5.41) is 8.62. The first-order chi connectivity index (χ1) is 6.31. The van der Waals surface area contributed by atoms with Crippen LogP contribution in [-0.4, -0.2) is 15.0 Å². The van der Waals surface area contributed by atoms with Gasteiger partial charge in [0.1, 0.15) is 5.52 Å². The minimum Gasteiger partial charge on any atom is -0.241 e. The number of nitrogens with zero attached hydrogens (tertiary/aromatic N) is 3. The maximum absolute atomic E-state index is 5.81. The van der Waals surface area contributed by atoms with Crippen molar-refractivity contribution in [3.63, 3.8) is 0 Å². The van der Waals surface area contributed by atoms with Gasteiger partial charge in [0.05, 0.1) is 12.1 Å². The van der Waals surface area contributed by atoms with Crippen LogP contribution in [0.25, 0.3) is 11.0 Å². The zero-order chi connectivity index (χ0) is 9.26. The monoisotopic (exact) mass is 193 g/mol. The molecule has 0 spiro atoms. The molecule has 0 unspecified atom stereocenters. The number of halogens is 1. The van der Waals surface area contributed by atoms with E-state index in [1.165, 1.54) is 0 Å². The summed E-state index contributed by atoms with van der Waals surface area (Å²) in [6.45, 7) is 4.31. The smallest absolute Gasteiger partial charge is 0.114 e. The van der Waals surface area contributed by atoms with Gasteiger partial charge in [-0.25, -0.2) is 4.68 Å². The maximum atomic E-state index is 5.81. The Bertz CT molecular complexity index is 447. The molecule has 13 heavy (non-hydrogen) atoms. The minimum atomic E-state index is 0.665. The van der Waals surface area contributed by atoms with Crippen LogP contribution in [0.15, 0.2) is 30.9 Å². The molecule has 0 fully saturated rings. The molecule has 0 N–H and O–H groups in total. The van der Waals surface area contributed by atoms with Crippen LogP contribution in [-0.2, 0) is 6.54 Å². The quantitative estimate of drug-likeness (QED) is 0.685. The first kappa shape index (κ1) is 8.26. The van der Waals surface area contributed by atoms with Crippen LogP contribution in [0.1, 0.15) is 0 Å². The largest absolute Gasteiger partial charge is 0.241 e. The highest BCUT2D eigenvalue weighted by molar-refractivity contribution is 6.31. The van der Waals surface area contributed by atoms with Gasteiger partial charge in [0.15, 0.2) is 0 Å². The Morgan fingerprint density at radius 1 is 1.54 bits per heavy atom. The Morgan fingerprint density at radius 2 is 2.38 bits per heavy atom. The van der Waals surface area contributed by atoms with Crippen LogP contribution in [0.2, 0.25) is 5.02 Å². The number of allylic oxidation sites excluding steroid dienone is 1. The zero-order valence-corrected chi connectivity index (χ0v) is 7.70. The number of benzene rings is 1. The molecule has 0 saturated carbocycles. The molecule has 0 bridgehead atoms. The van der Waals surface area contributed by atoms with Crippen LogP contribution >= 0.6 is 11.6 Å². The van der Waals surface area contributed by atoms with Crippen molar-refractivity contribution in [3.8, 4) is 0 Å². The van der Waals surface area contributed by atoms with Gasteiger partial charge in [-0.05, 0) is 18.2 Å². The van der Waals surface area contributed by atoms with Gasteiger partial charge in [-0.1, -0.05) is 22.9 Å². The Labute approximate surface area is 80.6 Å². The van der Waals surface area contributed by atoms with Gasteiger partial charge < -0.3 is 0 Å². The highest BCUT2D eigenvalue weighted by Gasteiger charge is 2.02. The lowest BCUT2D eigenvalue weighted by Gasteiger charge is -1.95. The minimum absolute atomic E-state index is 0.665. The number of hydrogen-bond donors (Lipinski definition) is 0. The number of hydrogen-bond acceptors (Lipinski definition) is 2. The third kappa shape index (κ3) is 1.42. The maximum Gasteiger partial charge on any atom is 0.114 e. The lowest BCUT2D eigenvalue weighted by atomic mass is 10.3. The Balaban J connectivity index is 2.61. The number of fused-ring (bicyclic) bond motifs is 1. The van der Waals surface area contributed by atoms with Crippen LogP contribution < -0.4 is 0 Å². The Morgan fingerprint density at radius 3 is 3.15 bits per heavy atom. The lowest BCUT2D eigenvalue weighted by molar-refractivity contribution is 0.683.